The van der Waals surface area contributed by atoms with E-state index in [1.54, 1.807) is 0 Å². The van der Waals surface area contributed by atoms with Crippen molar-refractivity contribution >= 4 is 11.9 Å². The Bertz CT molecular complexity index is 356. The summed E-state index contributed by atoms with van der Waals surface area (Å²) in [5.74, 6) is -3.00. The summed E-state index contributed by atoms with van der Waals surface area (Å²) in [6.45, 7) is 0.938. The average molecular weight is 505 g/mol. The quantitative estimate of drug-likeness (QED) is 0.536. The molecular formula is C16H26N2O4Pt. The zero-order valence-electron chi connectivity index (χ0n) is 13.4. The van der Waals surface area contributed by atoms with Crippen LogP contribution in [0.3, 0.4) is 0 Å². The molecule has 0 amide bonds. The fourth-order valence-electron chi connectivity index (χ4n) is 3.36. The van der Waals surface area contributed by atoms with Gasteiger partial charge >= 0.3 is 21.1 Å². The van der Waals surface area contributed by atoms with Crippen molar-refractivity contribution in [3.8, 4) is 0 Å². The van der Waals surface area contributed by atoms with Crippen LogP contribution in [0.15, 0.2) is 0 Å². The van der Waals surface area contributed by atoms with Crippen molar-refractivity contribution in [1.82, 2.24) is 0 Å². The Balaban J connectivity index is 0.000000409. The maximum atomic E-state index is 10.6. The van der Waals surface area contributed by atoms with Crippen LogP contribution in [0.2, 0.25) is 0 Å². The van der Waals surface area contributed by atoms with Crippen LogP contribution in [0.1, 0.15) is 64.2 Å². The monoisotopic (exact) mass is 505 g/mol. The van der Waals surface area contributed by atoms with Gasteiger partial charge in [-0.05, 0) is 12.8 Å². The number of carboxylic acids is 2. The second-order valence-corrected chi connectivity index (χ2v) is 6.63. The molecule has 2 aliphatic rings. The number of aliphatic carboxylic acids is 2. The largest absolute Gasteiger partial charge is 4.00 e. The first-order chi connectivity index (χ1) is 10.4. The Hall–Kier alpha value is -0.452. The Morgan fingerprint density at radius 3 is 1.30 bits per heavy atom. The fraction of sp³-hybridized carbons (Fsp3) is 0.875. The molecule has 0 saturated heterocycles. The zero-order valence-corrected chi connectivity index (χ0v) is 15.7. The molecule has 134 valence electrons. The minimum Gasteiger partial charge on any atom is -0.677 e. The van der Waals surface area contributed by atoms with E-state index in [1.807, 2.05) is 0 Å². The zero-order chi connectivity index (χ0) is 16.6. The van der Waals surface area contributed by atoms with E-state index in [0.717, 1.165) is 19.3 Å². The van der Waals surface area contributed by atoms with E-state index in [9.17, 15) is 19.8 Å². The maximum absolute atomic E-state index is 10.6. The van der Waals surface area contributed by atoms with Crippen molar-refractivity contribution in [3.05, 3.63) is 11.5 Å². The third kappa shape index (κ3) is 5.84. The van der Waals surface area contributed by atoms with Crippen molar-refractivity contribution in [2.24, 2.45) is 10.8 Å². The van der Waals surface area contributed by atoms with Gasteiger partial charge in [0.1, 0.15) is 0 Å². The van der Waals surface area contributed by atoms with Crippen molar-refractivity contribution < 1.29 is 40.9 Å². The van der Waals surface area contributed by atoms with E-state index >= 15 is 0 Å². The molecule has 2 N–H and O–H groups in total. The number of hydrogen-bond acceptors (Lipinski definition) is 4. The summed E-state index contributed by atoms with van der Waals surface area (Å²) in [5, 5.41) is 21.2. The van der Waals surface area contributed by atoms with Crippen LogP contribution in [-0.4, -0.2) is 25.0 Å². The second kappa shape index (κ2) is 10.4. The molecule has 0 radical (unpaired) electrons. The van der Waals surface area contributed by atoms with Gasteiger partial charge in [0, 0.05) is 5.41 Å². The van der Waals surface area contributed by atoms with Gasteiger partial charge in [-0.25, -0.2) is 0 Å². The van der Waals surface area contributed by atoms with Crippen molar-refractivity contribution in [2.45, 2.75) is 64.2 Å². The third-order valence-electron chi connectivity index (χ3n) is 5.15. The molecule has 0 unspecified atom stereocenters. The molecule has 0 aromatic rings. The molecule has 2 rings (SSSR count). The number of rotatable bonds is 4. The number of carbonyl (C=O) groups excluding carboxylic acids is 2. The van der Waals surface area contributed by atoms with Crippen LogP contribution in [0, 0.1) is 10.8 Å². The summed E-state index contributed by atoms with van der Waals surface area (Å²) >= 11 is 0. The summed E-state index contributed by atoms with van der Waals surface area (Å²) < 4.78 is 0. The predicted molar refractivity (Wildman–Crippen MR) is 79.4 cm³/mol. The summed E-state index contributed by atoms with van der Waals surface area (Å²) in [6, 6.07) is 0. The van der Waals surface area contributed by atoms with Crippen LogP contribution in [-0.2, 0) is 30.7 Å². The topological polar surface area (TPSA) is 128 Å². The Morgan fingerprint density at radius 1 is 0.739 bits per heavy atom. The van der Waals surface area contributed by atoms with Gasteiger partial charge < -0.3 is 31.3 Å². The first-order valence-corrected chi connectivity index (χ1v) is 8.14. The van der Waals surface area contributed by atoms with Gasteiger partial charge in [-0.15, -0.1) is 13.1 Å². The molecule has 23 heavy (non-hydrogen) atoms. The maximum Gasteiger partial charge on any atom is 4.00 e. The van der Waals surface area contributed by atoms with Gasteiger partial charge in [-0.2, -0.15) is 0 Å². The molecule has 2 fully saturated rings. The van der Waals surface area contributed by atoms with Crippen molar-refractivity contribution in [2.75, 3.05) is 13.1 Å². The van der Waals surface area contributed by atoms with Gasteiger partial charge in [0.25, 0.3) is 0 Å². The van der Waals surface area contributed by atoms with E-state index in [4.69, 9.17) is 11.5 Å². The average Bonchev–Trinajstić information content (AvgIpc) is 2.56. The minimum absolute atomic E-state index is 0. The van der Waals surface area contributed by atoms with Crippen molar-refractivity contribution in [1.29, 1.82) is 0 Å². The fourth-order valence-corrected chi connectivity index (χ4v) is 3.36. The number of hydrogen-bond donors (Lipinski definition) is 0. The van der Waals surface area contributed by atoms with Gasteiger partial charge in [-0.3, -0.25) is 0 Å². The van der Waals surface area contributed by atoms with Crippen LogP contribution in [0.4, 0.5) is 0 Å². The van der Waals surface area contributed by atoms with E-state index < -0.39 is 17.4 Å². The van der Waals surface area contributed by atoms with E-state index in [0.29, 0.717) is 25.9 Å². The molecule has 0 atom stereocenters. The van der Waals surface area contributed by atoms with Crippen LogP contribution in [0.5, 0.6) is 0 Å². The number of carboxylic acid groups (broad SMARTS) is 2. The summed E-state index contributed by atoms with van der Waals surface area (Å²) in [5.41, 5.74) is 13.0. The SMILES string of the molecule is O=C([O-])C1(C(=O)[O-])CCCCC1.[NH-]CC1(C[NH-])CCCCC1.[Pt+4]. The summed E-state index contributed by atoms with van der Waals surface area (Å²) in [6.07, 6.45) is 8.51. The first-order valence-electron chi connectivity index (χ1n) is 8.14. The molecule has 0 heterocycles. The molecule has 0 bridgehead atoms. The van der Waals surface area contributed by atoms with Gasteiger partial charge in [0.2, 0.25) is 0 Å². The van der Waals surface area contributed by atoms with E-state index in [1.165, 1.54) is 19.3 Å². The predicted octanol–water partition coefficient (Wildman–Crippen LogP) is 1.48. The minimum atomic E-state index is -1.71. The Morgan fingerprint density at radius 2 is 1.09 bits per heavy atom. The molecule has 7 heteroatoms. The number of carbonyl (C=O) groups is 2. The molecular weight excluding hydrogens is 479 g/mol. The Kier molecular flexibility index (Phi) is 10.2. The van der Waals surface area contributed by atoms with Crippen molar-refractivity contribution in [3.63, 3.8) is 0 Å². The molecule has 6 nitrogen and oxygen atoms in total. The van der Waals surface area contributed by atoms with E-state index in [-0.39, 0.29) is 39.3 Å². The van der Waals surface area contributed by atoms with Gasteiger partial charge in [-0.1, -0.05) is 56.8 Å². The summed E-state index contributed by atoms with van der Waals surface area (Å²) in [7, 11) is 0. The smallest absolute Gasteiger partial charge is 0.677 e. The Labute approximate surface area is 152 Å². The van der Waals surface area contributed by atoms with Gasteiger partial charge in [0.15, 0.2) is 0 Å². The molecule has 0 aromatic heterocycles. The molecule has 0 aliphatic heterocycles. The molecule has 0 aromatic carbocycles. The standard InChI is InChI=1S/C8H16N2.C8H12O4.Pt/c9-6-8(7-10)4-2-1-3-5-8;9-6(10)8(7(11)12)4-2-1-3-5-8;/h9-10H,1-7H2;1-5H2,(H,9,10)(H,11,12);/q-2;;+4/p-2. The second-order valence-electron chi connectivity index (χ2n) is 6.63. The van der Waals surface area contributed by atoms with Gasteiger partial charge in [0.05, 0.1) is 11.9 Å². The van der Waals surface area contributed by atoms with E-state index in [2.05, 4.69) is 0 Å². The summed E-state index contributed by atoms with van der Waals surface area (Å²) in [4.78, 5) is 21.2. The third-order valence-corrected chi connectivity index (χ3v) is 5.15. The number of nitrogens with one attached hydrogen (secondary N) is 2. The van der Waals surface area contributed by atoms with Crippen LogP contribution >= 0.6 is 0 Å². The normalized spacial score (nSPS) is 22.0. The molecule has 0 spiro atoms. The van der Waals surface area contributed by atoms with Crippen LogP contribution < -0.4 is 10.2 Å². The molecule has 2 saturated carbocycles. The van der Waals surface area contributed by atoms with Crippen LogP contribution in [0.25, 0.3) is 11.5 Å². The first kappa shape index (κ1) is 22.5. The molecule has 2 aliphatic carbocycles.